The van der Waals surface area contributed by atoms with Gasteiger partial charge in [-0.3, -0.25) is 19.8 Å². The summed E-state index contributed by atoms with van der Waals surface area (Å²) in [6.45, 7) is 15.8. The number of ether oxygens (including phenoxy) is 14. The topological polar surface area (TPSA) is 367 Å². The molecule has 0 spiro atoms. The maximum atomic E-state index is 15.5. The molecule has 25 unspecified atom stereocenters. The maximum Gasteiger partial charge on any atom is 0.308 e. The number of carbonyl (C=O) groups is 3. The minimum Gasteiger partial charge on any atom is -0.507 e. The molecule has 91 heavy (non-hydrogen) atoms. The number of aromatic hydroxyl groups is 2. The molecule has 5 heterocycles. The Bertz CT molecular complexity index is 2990. The number of nitrogens with one attached hydrogen (secondary N) is 1. The number of Topliss-reactive ketones (excluding diaryl/α,β-unsaturated/α-hetero) is 1. The van der Waals surface area contributed by atoms with E-state index < -0.39 is 188 Å². The molecule has 25 atom stereocenters. The smallest absolute Gasteiger partial charge is 0.308 e. The second-order valence-electron chi connectivity index (χ2n) is 25.3. The van der Waals surface area contributed by atoms with E-state index in [2.05, 4.69) is 10.5 Å². The first kappa shape index (κ1) is 70.0. The maximum absolute atomic E-state index is 15.5. The zero-order valence-corrected chi connectivity index (χ0v) is 53.3. The number of hydrogen-bond acceptors (Lipinski definition) is 27. The van der Waals surface area contributed by atoms with E-state index in [0.29, 0.717) is 5.69 Å². The molecule has 5 fully saturated rings. The first-order valence-corrected chi connectivity index (χ1v) is 31.1. The average molecular weight is 1290 g/mol. The molecule has 9 rings (SSSR count). The molecule has 0 aromatic heterocycles. The van der Waals surface area contributed by atoms with E-state index in [-0.39, 0.29) is 71.9 Å². The molecule has 0 bridgehead atoms. The standard InChI is InChI=1S/C64H90N2O25/c1-27(2)63(76)91-62-33(8)84-49(26-64(62,10)77)88-43-23-47(80-29(4)55(43)73)87-42-24-48(81-30(5)54(42)72)90-61-39(60(79-12)52(53(71)28(3)67)66-65-37-16-14-13-15-17-37)20-36-18-35-19-38(21-40(69)50(35)56(74)51(36)57(61)75)86-46-25-44(85-34(9)68)59(32(7)83-46)89-45-22-41(70)58(78-11)31(6)82-45/h13-19,21,27-33,39,41-49,53-55,58-62,65,67,69-74,77H,20,22-26H2,1-12H3/b66-52+. The van der Waals surface area contributed by atoms with E-state index in [1.807, 2.05) is 0 Å². The van der Waals surface area contributed by atoms with Gasteiger partial charge in [-0.1, -0.05) is 32.0 Å². The molecule has 27 heteroatoms. The van der Waals surface area contributed by atoms with Crippen LogP contribution in [0.4, 0.5) is 5.69 Å². The number of aliphatic hydroxyl groups is 6. The van der Waals surface area contributed by atoms with Crippen LogP contribution in [0.5, 0.6) is 17.2 Å². The summed E-state index contributed by atoms with van der Waals surface area (Å²) in [5.74, 6) is -4.51. The molecule has 5 aliphatic heterocycles. The summed E-state index contributed by atoms with van der Waals surface area (Å²) in [7, 11) is 2.81. The fourth-order valence-corrected chi connectivity index (χ4v) is 13.1. The lowest BCUT2D eigenvalue weighted by Crippen LogP contribution is -2.59. The Morgan fingerprint density at radius 1 is 0.714 bits per heavy atom. The number of methoxy groups -OCH3 is 2. The minimum atomic E-state index is -1.68. The zero-order chi connectivity index (χ0) is 66.1. The molecule has 3 aromatic carbocycles. The Labute approximate surface area is 527 Å². The molecule has 5 saturated heterocycles. The van der Waals surface area contributed by atoms with E-state index in [4.69, 9.17) is 66.3 Å². The average Bonchev–Trinajstić information content (AvgIpc) is 0.750. The van der Waals surface area contributed by atoms with E-state index in [9.17, 15) is 50.4 Å². The first-order valence-electron chi connectivity index (χ1n) is 31.1. The fraction of sp³-hybridized carbons (Fsp3) is 0.688. The van der Waals surface area contributed by atoms with Gasteiger partial charge in [-0.15, -0.1) is 0 Å². The van der Waals surface area contributed by atoms with Crippen molar-refractivity contribution in [3.8, 4) is 17.2 Å². The van der Waals surface area contributed by atoms with Gasteiger partial charge in [0, 0.05) is 65.2 Å². The third kappa shape index (κ3) is 15.9. The monoisotopic (exact) mass is 1290 g/mol. The molecule has 0 saturated carbocycles. The van der Waals surface area contributed by atoms with Gasteiger partial charge in [0.05, 0.1) is 83.2 Å². The number of benzene rings is 3. The van der Waals surface area contributed by atoms with E-state index in [0.717, 1.165) is 0 Å². The molecule has 27 nitrogen and oxygen atoms in total. The van der Waals surface area contributed by atoms with Crippen molar-refractivity contribution in [3.05, 3.63) is 59.7 Å². The largest absolute Gasteiger partial charge is 0.507 e. The number of hydrazone groups is 1. The van der Waals surface area contributed by atoms with E-state index >= 15 is 4.79 Å². The lowest BCUT2D eigenvalue weighted by atomic mass is 9.74. The molecule has 0 radical (unpaired) electrons. The van der Waals surface area contributed by atoms with Crippen molar-refractivity contribution in [2.45, 2.75) is 255 Å². The van der Waals surface area contributed by atoms with Crippen LogP contribution in [0.3, 0.4) is 0 Å². The number of anilines is 1. The molecule has 506 valence electrons. The molecular weight excluding hydrogens is 1200 g/mol. The van der Waals surface area contributed by atoms with Crippen LogP contribution in [-0.4, -0.2) is 225 Å². The van der Waals surface area contributed by atoms with Crippen LogP contribution in [0.1, 0.15) is 117 Å². The van der Waals surface area contributed by atoms with Crippen molar-refractivity contribution < 1.29 is 122 Å². The molecule has 3 aromatic rings. The third-order valence-electron chi connectivity index (χ3n) is 17.8. The van der Waals surface area contributed by atoms with Crippen LogP contribution in [0.2, 0.25) is 0 Å². The normalized spacial score (nSPS) is 37.5. The fourth-order valence-electron chi connectivity index (χ4n) is 13.1. The summed E-state index contributed by atoms with van der Waals surface area (Å²) in [4.78, 5) is 40.5. The van der Waals surface area contributed by atoms with Gasteiger partial charge >= 0.3 is 11.9 Å². The number of esters is 2. The van der Waals surface area contributed by atoms with Crippen LogP contribution in [0, 0.1) is 11.8 Å². The van der Waals surface area contributed by atoms with Crippen LogP contribution >= 0.6 is 0 Å². The number of aliphatic hydroxyl groups excluding tert-OH is 5. The Kier molecular flexibility index (Phi) is 22.8. The van der Waals surface area contributed by atoms with Gasteiger partial charge in [0.2, 0.25) is 6.29 Å². The predicted octanol–water partition coefficient (Wildman–Crippen LogP) is 3.77. The highest BCUT2D eigenvalue weighted by atomic mass is 16.7. The van der Waals surface area contributed by atoms with Gasteiger partial charge in [-0.05, 0) is 90.1 Å². The Morgan fingerprint density at radius 2 is 1.30 bits per heavy atom. The van der Waals surface area contributed by atoms with Crippen molar-refractivity contribution in [1.29, 1.82) is 0 Å². The number of rotatable bonds is 21. The minimum absolute atomic E-state index is 0.0440. The van der Waals surface area contributed by atoms with Crippen LogP contribution in [-0.2, 0) is 77.6 Å². The van der Waals surface area contributed by atoms with Gasteiger partial charge in [0.15, 0.2) is 37.0 Å². The summed E-state index contributed by atoms with van der Waals surface area (Å²) in [5, 5.41) is 96.7. The van der Waals surface area contributed by atoms with Crippen molar-refractivity contribution >= 4 is 39.9 Å². The van der Waals surface area contributed by atoms with Crippen LogP contribution in [0.15, 0.2) is 53.6 Å². The second-order valence-corrected chi connectivity index (χ2v) is 25.3. The molecule has 9 N–H and O–H groups in total. The quantitative estimate of drug-likeness (QED) is 0.0416. The highest BCUT2D eigenvalue weighted by molar-refractivity contribution is 6.11. The summed E-state index contributed by atoms with van der Waals surface area (Å²) in [6.07, 6.45) is -24.7. The number of phenols is 2. The van der Waals surface area contributed by atoms with Crippen molar-refractivity contribution in [2.24, 2.45) is 16.9 Å². The van der Waals surface area contributed by atoms with Gasteiger partial charge < -0.3 is 107 Å². The highest BCUT2D eigenvalue weighted by Crippen LogP contribution is 2.46. The number of nitrogens with zero attached hydrogens (tertiary/aromatic N) is 1. The summed E-state index contributed by atoms with van der Waals surface area (Å²) in [6, 6.07) is 13.1. The number of carbonyl (C=O) groups excluding carboxylic acids is 3. The van der Waals surface area contributed by atoms with E-state index in [1.165, 1.54) is 47.1 Å². The van der Waals surface area contributed by atoms with Gasteiger partial charge in [0.25, 0.3) is 0 Å². The molecule has 0 amide bonds. The summed E-state index contributed by atoms with van der Waals surface area (Å²) >= 11 is 0. The van der Waals surface area contributed by atoms with Crippen LogP contribution in [0.25, 0.3) is 10.8 Å². The number of phenolic OH excluding ortho intramolecular Hbond substituents is 2. The Morgan fingerprint density at radius 3 is 1.89 bits per heavy atom. The molecule has 6 aliphatic rings. The molecular formula is C64H90N2O25. The SMILES string of the molecule is COC(/C(=N/Nc1ccccc1)C(O)C(C)O)C1Cc2cc3cc(OC4CC(OC(C)=O)C(OC5CC(O)C(OC)C(C)O5)C(C)O4)cc(O)c3c(O)c2C(=O)C1OC1CC(OC2CC(OC3CC(C)(O)C(OC(=O)C(C)C)C(C)O3)C(O)C(C)O2)C(O)C(C)O1. The predicted molar refractivity (Wildman–Crippen MR) is 319 cm³/mol. The van der Waals surface area contributed by atoms with Gasteiger partial charge in [-0.25, -0.2) is 0 Å². The van der Waals surface area contributed by atoms with Crippen molar-refractivity contribution in [1.82, 2.24) is 0 Å². The number of ketones is 1. The van der Waals surface area contributed by atoms with Gasteiger partial charge in [-0.2, -0.15) is 5.10 Å². The number of fused-ring (bicyclic) bond motifs is 2. The van der Waals surface area contributed by atoms with E-state index in [1.54, 1.807) is 84.9 Å². The highest BCUT2D eigenvalue weighted by Gasteiger charge is 2.53. The van der Waals surface area contributed by atoms with Crippen LogP contribution < -0.4 is 10.2 Å². The number of para-hydroxylation sites is 1. The number of hydrogen-bond donors (Lipinski definition) is 9. The Balaban J connectivity index is 0.981. The van der Waals surface area contributed by atoms with Crippen molar-refractivity contribution in [3.63, 3.8) is 0 Å². The lowest BCUT2D eigenvalue weighted by molar-refractivity contribution is -0.334. The summed E-state index contributed by atoms with van der Waals surface area (Å²) < 4.78 is 85.8. The molecule has 1 aliphatic carbocycles. The summed E-state index contributed by atoms with van der Waals surface area (Å²) in [5.41, 5.74) is 1.77. The lowest BCUT2D eigenvalue weighted by Gasteiger charge is -2.47. The Hall–Kier alpha value is -5.28. The van der Waals surface area contributed by atoms with Gasteiger partial charge in [0.1, 0.15) is 71.7 Å². The third-order valence-corrected chi connectivity index (χ3v) is 17.8. The van der Waals surface area contributed by atoms with Crippen molar-refractivity contribution in [2.75, 3.05) is 19.6 Å². The first-order chi connectivity index (χ1) is 43.0. The second kappa shape index (κ2) is 29.6. The zero-order valence-electron chi connectivity index (χ0n) is 53.3.